The summed E-state index contributed by atoms with van der Waals surface area (Å²) in [5.74, 6) is 0. The van der Waals surface area contributed by atoms with Crippen LogP contribution in [0.5, 0.6) is 0 Å². The number of nitrogens with zero attached hydrogens (tertiary/aromatic N) is 4. The number of anilines is 1. The number of rotatable bonds is 4. The fourth-order valence-corrected chi connectivity index (χ4v) is 2.21. The maximum absolute atomic E-state index is 4.51. The summed E-state index contributed by atoms with van der Waals surface area (Å²) in [7, 11) is 0. The minimum atomic E-state index is 0.311. The first-order valence-corrected chi connectivity index (χ1v) is 7.12. The molecule has 5 nitrogen and oxygen atoms in total. The largest absolute Gasteiger partial charge is 0.378 e. The van der Waals surface area contributed by atoms with Crippen molar-refractivity contribution in [2.75, 3.05) is 5.32 Å². The van der Waals surface area contributed by atoms with E-state index in [4.69, 9.17) is 0 Å². The lowest BCUT2D eigenvalue weighted by Gasteiger charge is -2.08. The van der Waals surface area contributed by atoms with E-state index in [1.807, 2.05) is 36.3 Å². The van der Waals surface area contributed by atoms with Gasteiger partial charge in [0, 0.05) is 17.6 Å². The molecule has 0 unspecified atom stereocenters. The van der Waals surface area contributed by atoms with E-state index in [1.165, 1.54) is 5.56 Å². The predicted molar refractivity (Wildman–Crippen MR) is 84.2 cm³/mol. The lowest BCUT2D eigenvalue weighted by Crippen LogP contribution is -2.04. The molecular formula is C16H19N5. The van der Waals surface area contributed by atoms with Crippen molar-refractivity contribution < 1.29 is 0 Å². The van der Waals surface area contributed by atoms with Crippen LogP contribution >= 0.6 is 0 Å². The van der Waals surface area contributed by atoms with Gasteiger partial charge in [0.2, 0.25) is 0 Å². The highest BCUT2D eigenvalue weighted by molar-refractivity contribution is 5.78. The fourth-order valence-electron chi connectivity index (χ4n) is 2.21. The third-order valence-corrected chi connectivity index (χ3v) is 3.37. The minimum Gasteiger partial charge on any atom is -0.378 e. The molecule has 3 rings (SSSR count). The van der Waals surface area contributed by atoms with Gasteiger partial charge in [-0.1, -0.05) is 6.07 Å². The molecule has 0 radical (unpaired) electrons. The number of aromatic nitrogens is 4. The topological polar surface area (TPSA) is 55.6 Å². The van der Waals surface area contributed by atoms with E-state index >= 15 is 0 Å². The molecule has 3 aromatic rings. The summed E-state index contributed by atoms with van der Waals surface area (Å²) < 4.78 is 1.93. The summed E-state index contributed by atoms with van der Waals surface area (Å²) in [6, 6.07) is 6.48. The van der Waals surface area contributed by atoms with Crippen LogP contribution in [-0.2, 0) is 6.54 Å². The van der Waals surface area contributed by atoms with Crippen LogP contribution < -0.4 is 5.32 Å². The van der Waals surface area contributed by atoms with Crippen molar-refractivity contribution >= 4 is 16.7 Å². The van der Waals surface area contributed by atoms with Gasteiger partial charge in [0.25, 0.3) is 0 Å². The Bertz CT molecular complexity index is 743. The van der Waals surface area contributed by atoms with Gasteiger partial charge in [-0.2, -0.15) is 5.10 Å². The van der Waals surface area contributed by atoms with Gasteiger partial charge < -0.3 is 5.32 Å². The van der Waals surface area contributed by atoms with Crippen LogP contribution in [0.4, 0.5) is 5.69 Å². The maximum atomic E-state index is 4.51. The molecule has 0 saturated carbocycles. The average Bonchev–Trinajstić information content (AvgIpc) is 2.90. The SMILES string of the molecule is Cc1ccc(CNc2cnc3c(cnn3C(C)C)c2)nc1. The van der Waals surface area contributed by atoms with Crippen molar-refractivity contribution in [3.63, 3.8) is 0 Å². The number of fused-ring (bicyclic) bond motifs is 1. The smallest absolute Gasteiger partial charge is 0.158 e. The Morgan fingerprint density at radius 1 is 1.14 bits per heavy atom. The quantitative estimate of drug-likeness (QED) is 0.797. The number of aryl methyl sites for hydroxylation is 1. The number of hydrogen-bond acceptors (Lipinski definition) is 4. The summed E-state index contributed by atoms with van der Waals surface area (Å²) in [5.41, 5.74) is 4.08. The molecule has 0 atom stereocenters. The molecule has 0 bridgehead atoms. The molecule has 0 aromatic carbocycles. The van der Waals surface area contributed by atoms with Crippen LogP contribution in [0.2, 0.25) is 0 Å². The summed E-state index contributed by atoms with van der Waals surface area (Å²) in [4.78, 5) is 8.89. The lowest BCUT2D eigenvalue weighted by atomic mass is 10.2. The van der Waals surface area contributed by atoms with Crippen LogP contribution in [0.1, 0.15) is 31.1 Å². The molecule has 0 amide bonds. The first kappa shape index (κ1) is 13.5. The Morgan fingerprint density at radius 3 is 2.71 bits per heavy atom. The van der Waals surface area contributed by atoms with E-state index in [1.54, 1.807) is 0 Å². The first-order chi connectivity index (χ1) is 10.1. The summed E-state index contributed by atoms with van der Waals surface area (Å²) >= 11 is 0. The maximum Gasteiger partial charge on any atom is 0.158 e. The third-order valence-electron chi connectivity index (χ3n) is 3.37. The summed E-state index contributed by atoms with van der Waals surface area (Å²) in [6.45, 7) is 6.92. The molecule has 5 heteroatoms. The third kappa shape index (κ3) is 2.86. The zero-order valence-electron chi connectivity index (χ0n) is 12.5. The Morgan fingerprint density at radius 2 is 2.00 bits per heavy atom. The zero-order chi connectivity index (χ0) is 14.8. The highest BCUT2D eigenvalue weighted by Crippen LogP contribution is 2.19. The molecule has 0 aliphatic carbocycles. The van der Waals surface area contributed by atoms with E-state index < -0.39 is 0 Å². The summed E-state index contributed by atoms with van der Waals surface area (Å²) in [6.07, 6.45) is 5.58. The van der Waals surface area contributed by atoms with Crippen LogP contribution in [0.15, 0.2) is 36.8 Å². The van der Waals surface area contributed by atoms with Crippen molar-refractivity contribution in [3.05, 3.63) is 48.0 Å². The Hall–Kier alpha value is -2.43. The van der Waals surface area contributed by atoms with E-state index in [0.29, 0.717) is 12.6 Å². The highest BCUT2D eigenvalue weighted by atomic mass is 15.3. The van der Waals surface area contributed by atoms with Gasteiger partial charge in [-0.25, -0.2) is 9.67 Å². The molecule has 108 valence electrons. The van der Waals surface area contributed by atoms with E-state index in [2.05, 4.69) is 46.4 Å². The van der Waals surface area contributed by atoms with Gasteiger partial charge in [-0.3, -0.25) is 4.98 Å². The Kier molecular flexibility index (Phi) is 3.56. The molecule has 0 spiro atoms. The zero-order valence-corrected chi connectivity index (χ0v) is 12.5. The van der Waals surface area contributed by atoms with Crippen LogP contribution in [0.25, 0.3) is 11.0 Å². The molecule has 0 aliphatic rings. The molecule has 0 aliphatic heterocycles. The standard InChI is InChI=1S/C16H19N5/c1-11(2)21-16-13(8-20-21)6-15(10-19-16)18-9-14-5-4-12(3)7-17-14/h4-8,10-11,18H,9H2,1-3H3. The van der Waals surface area contributed by atoms with Gasteiger partial charge in [0.1, 0.15) is 0 Å². The monoisotopic (exact) mass is 281 g/mol. The van der Waals surface area contributed by atoms with Crippen molar-refractivity contribution in [2.24, 2.45) is 0 Å². The van der Waals surface area contributed by atoms with Gasteiger partial charge in [0.05, 0.1) is 30.3 Å². The van der Waals surface area contributed by atoms with Crippen LogP contribution in [0.3, 0.4) is 0 Å². The number of hydrogen-bond donors (Lipinski definition) is 1. The van der Waals surface area contributed by atoms with E-state index in [9.17, 15) is 0 Å². The Labute approximate surface area is 124 Å². The second-order valence-corrected chi connectivity index (χ2v) is 5.50. The first-order valence-electron chi connectivity index (χ1n) is 7.12. The molecule has 1 N–H and O–H groups in total. The number of pyridine rings is 2. The molecule has 3 aromatic heterocycles. The molecule has 21 heavy (non-hydrogen) atoms. The fraction of sp³-hybridized carbons (Fsp3) is 0.312. The molecule has 0 fully saturated rings. The van der Waals surface area contributed by atoms with E-state index in [-0.39, 0.29) is 0 Å². The predicted octanol–water partition coefficient (Wildman–Crippen LogP) is 3.33. The number of nitrogens with one attached hydrogen (secondary N) is 1. The van der Waals surface area contributed by atoms with Crippen LogP contribution in [-0.4, -0.2) is 19.7 Å². The second kappa shape index (κ2) is 5.52. The average molecular weight is 281 g/mol. The summed E-state index contributed by atoms with van der Waals surface area (Å²) in [5, 5.41) is 8.77. The van der Waals surface area contributed by atoms with Gasteiger partial charge >= 0.3 is 0 Å². The van der Waals surface area contributed by atoms with Crippen molar-refractivity contribution in [3.8, 4) is 0 Å². The van der Waals surface area contributed by atoms with Crippen molar-refractivity contribution in [2.45, 2.75) is 33.4 Å². The van der Waals surface area contributed by atoms with Crippen molar-refractivity contribution in [1.29, 1.82) is 0 Å². The molecular weight excluding hydrogens is 262 g/mol. The highest BCUT2D eigenvalue weighted by Gasteiger charge is 2.07. The van der Waals surface area contributed by atoms with E-state index in [0.717, 1.165) is 22.4 Å². The van der Waals surface area contributed by atoms with Crippen molar-refractivity contribution in [1.82, 2.24) is 19.7 Å². The molecule has 0 saturated heterocycles. The minimum absolute atomic E-state index is 0.311. The molecule has 3 heterocycles. The normalized spacial score (nSPS) is 11.2. The lowest BCUT2D eigenvalue weighted by molar-refractivity contribution is 0.546. The van der Waals surface area contributed by atoms with Gasteiger partial charge in [-0.05, 0) is 38.5 Å². The second-order valence-electron chi connectivity index (χ2n) is 5.50. The van der Waals surface area contributed by atoms with Gasteiger partial charge in [-0.15, -0.1) is 0 Å². The Balaban J connectivity index is 1.77. The van der Waals surface area contributed by atoms with Crippen LogP contribution in [0, 0.1) is 6.92 Å². The van der Waals surface area contributed by atoms with Gasteiger partial charge in [0.15, 0.2) is 5.65 Å².